The van der Waals surface area contributed by atoms with E-state index < -0.39 is 0 Å². The highest BCUT2D eigenvalue weighted by Gasteiger charge is 2.38. The van der Waals surface area contributed by atoms with Crippen LogP contribution in [0.25, 0.3) is 0 Å². The van der Waals surface area contributed by atoms with Crippen molar-refractivity contribution in [1.29, 1.82) is 0 Å². The summed E-state index contributed by atoms with van der Waals surface area (Å²) in [5.41, 5.74) is 3.51. The van der Waals surface area contributed by atoms with Crippen LogP contribution in [0, 0.1) is 11.8 Å². The van der Waals surface area contributed by atoms with E-state index in [2.05, 4.69) is 24.3 Å². The topological polar surface area (TPSA) is 0 Å². The Balaban J connectivity index is 1.73. The van der Waals surface area contributed by atoms with Gasteiger partial charge in [-0.1, -0.05) is 35.5 Å². The molecule has 0 nitrogen and oxygen atoms in total. The molecule has 3 rings (SSSR count). The van der Waals surface area contributed by atoms with Crippen LogP contribution in [-0.2, 0) is 0 Å². The molecular formula is C14H18. The van der Waals surface area contributed by atoms with E-state index in [0.29, 0.717) is 0 Å². The molecule has 0 aromatic rings. The smallest absolute Gasteiger partial charge is 0.00970 e. The minimum absolute atomic E-state index is 0.923. The predicted octanol–water partition coefficient (Wildman–Crippen LogP) is 4.01. The van der Waals surface area contributed by atoms with Gasteiger partial charge in [0.2, 0.25) is 0 Å². The Labute approximate surface area is 86.4 Å². The summed E-state index contributed by atoms with van der Waals surface area (Å²) in [7, 11) is 0. The van der Waals surface area contributed by atoms with Crippen LogP contribution in [0.1, 0.15) is 38.5 Å². The monoisotopic (exact) mass is 186 g/mol. The van der Waals surface area contributed by atoms with E-state index >= 15 is 0 Å². The van der Waals surface area contributed by atoms with E-state index in [9.17, 15) is 0 Å². The minimum atomic E-state index is 0.923. The summed E-state index contributed by atoms with van der Waals surface area (Å²) in [6, 6.07) is 0. The zero-order chi connectivity index (χ0) is 9.38. The van der Waals surface area contributed by atoms with Gasteiger partial charge in [-0.2, -0.15) is 0 Å². The molecule has 0 aromatic carbocycles. The van der Waals surface area contributed by atoms with Gasteiger partial charge in [-0.05, 0) is 50.4 Å². The fourth-order valence-corrected chi connectivity index (χ4v) is 3.20. The Kier molecular flexibility index (Phi) is 2.08. The molecule has 0 aliphatic heterocycles. The normalized spacial score (nSPS) is 35.4. The van der Waals surface area contributed by atoms with Gasteiger partial charge in [-0.15, -0.1) is 0 Å². The van der Waals surface area contributed by atoms with E-state index in [-0.39, 0.29) is 0 Å². The van der Waals surface area contributed by atoms with Gasteiger partial charge in [0.1, 0.15) is 0 Å². The molecule has 0 aromatic heterocycles. The van der Waals surface area contributed by atoms with Crippen LogP contribution in [0.2, 0.25) is 0 Å². The first-order chi connectivity index (χ1) is 6.95. The molecule has 3 aliphatic rings. The summed E-state index contributed by atoms with van der Waals surface area (Å²) in [4.78, 5) is 0. The number of hydrogen-bond acceptors (Lipinski definition) is 0. The number of hydrogen-bond donors (Lipinski definition) is 0. The second-order valence-electron chi connectivity index (χ2n) is 4.82. The average Bonchev–Trinajstić information content (AvgIpc) is 2.22. The fourth-order valence-electron chi connectivity index (χ4n) is 3.20. The van der Waals surface area contributed by atoms with Crippen molar-refractivity contribution in [2.75, 3.05) is 0 Å². The second-order valence-corrected chi connectivity index (χ2v) is 4.82. The van der Waals surface area contributed by atoms with Crippen molar-refractivity contribution in [1.82, 2.24) is 0 Å². The second kappa shape index (κ2) is 3.42. The largest absolute Gasteiger partial charge is 0.0850 e. The van der Waals surface area contributed by atoms with Crippen molar-refractivity contribution in [2.45, 2.75) is 38.5 Å². The van der Waals surface area contributed by atoms with Crippen LogP contribution >= 0.6 is 0 Å². The number of rotatable bonds is 1. The Morgan fingerprint density at radius 2 is 2.00 bits per heavy atom. The lowest BCUT2D eigenvalue weighted by Gasteiger charge is -2.44. The molecular weight excluding hydrogens is 168 g/mol. The van der Waals surface area contributed by atoms with Crippen molar-refractivity contribution in [3.63, 3.8) is 0 Å². The summed E-state index contributed by atoms with van der Waals surface area (Å²) in [5, 5.41) is 0. The molecule has 0 N–H and O–H groups in total. The average molecular weight is 186 g/mol. The quantitative estimate of drug-likeness (QED) is 0.543. The zero-order valence-electron chi connectivity index (χ0n) is 8.71. The highest BCUT2D eigenvalue weighted by Crippen LogP contribution is 2.50. The van der Waals surface area contributed by atoms with Gasteiger partial charge in [-0.25, -0.2) is 0 Å². The zero-order valence-corrected chi connectivity index (χ0v) is 8.71. The molecule has 1 fully saturated rings. The molecule has 74 valence electrons. The van der Waals surface area contributed by atoms with Crippen LogP contribution in [0.15, 0.2) is 35.5 Å². The molecule has 2 unspecified atom stereocenters. The van der Waals surface area contributed by atoms with Gasteiger partial charge >= 0.3 is 0 Å². The third kappa shape index (κ3) is 1.28. The fraction of sp³-hybridized carbons (Fsp3) is 0.571. The van der Waals surface area contributed by atoms with E-state index in [4.69, 9.17) is 0 Å². The van der Waals surface area contributed by atoms with Crippen molar-refractivity contribution < 1.29 is 0 Å². The van der Waals surface area contributed by atoms with Gasteiger partial charge in [0.25, 0.3) is 0 Å². The van der Waals surface area contributed by atoms with E-state index in [0.717, 1.165) is 11.8 Å². The van der Waals surface area contributed by atoms with E-state index in [1.165, 1.54) is 38.5 Å². The highest BCUT2D eigenvalue weighted by atomic mass is 14.4. The lowest BCUT2D eigenvalue weighted by atomic mass is 9.61. The summed E-state index contributed by atoms with van der Waals surface area (Å²) < 4.78 is 0. The Morgan fingerprint density at radius 1 is 1.00 bits per heavy atom. The lowest BCUT2D eigenvalue weighted by molar-refractivity contribution is 0.278. The van der Waals surface area contributed by atoms with Crippen molar-refractivity contribution in [2.24, 2.45) is 11.8 Å². The first kappa shape index (κ1) is 8.52. The summed E-state index contributed by atoms with van der Waals surface area (Å²) in [5.74, 6) is 1.87. The molecule has 0 bridgehead atoms. The van der Waals surface area contributed by atoms with Crippen LogP contribution in [0.4, 0.5) is 0 Å². The molecule has 0 radical (unpaired) electrons. The predicted molar refractivity (Wildman–Crippen MR) is 60.0 cm³/mol. The molecule has 0 saturated heterocycles. The van der Waals surface area contributed by atoms with Gasteiger partial charge in [0.05, 0.1) is 0 Å². The van der Waals surface area contributed by atoms with Gasteiger partial charge in [0.15, 0.2) is 0 Å². The third-order valence-electron chi connectivity index (χ3n) is 4.06. The Hall–Kier alpha value is -0.780. The van der Waals surface area contributed by atoms with Gasteiger partial charge in [-0.3, -0.25) is 0 Å². The highest BCUT2D eigenvalue weighted by molar-refractivity contribution is 5.31. The molecule has 14 heavy (non-hydrogen) atoms. The first-order valence-electron chi connectivity index (χ1n) is 5.98. The lowest BCUT2D eigenvalue weighted by Crippen LogP contribution is -2.32. The van der Waals surface area contributed by atoms with E-state index in [1.54, 1.807) is 11.1 Å². The van der Waals surface area contributed by atoms with Crippen molar-refractivity contribution in [3.8, 4) is 0 Å². The minimum Gasteiger partial charge on any atom is -0.0850 e. The summed E-state index contributed by atoms with van der Waals surface area (Å²) in [6.45, 7) is 0. The molecule has 0 spiro atoms. The van der Waals surface area contributed by atoms with Crippen LogP contribution in [-0.4, -0.2) is 0 Å². The standard InChI is InChI=1S/C14H18/c1-2-6-11(7-3-1)14-10-12-8-4-5-9-13(12)14/h1-2,7-8,13-14H,3-6,9-10H2. The molecule has 1 saturated carbocycles. The Bertz CT molecular complexity index is 317. The van der Waals surface area contributed by atoms with Crippen molar-refractivity contribution >= 4 is 0 Å². The Morgan fingerprint density at radius 3 is 2.79 bits per heavy atom. The van der Waals surface area contributed by atoms with E-state index in [1.807, 2.05) is 0 Å². The molecule has 0 heteroatoms. The van der Waals surface area contributed by atoms with Gasteiger partial charge < -0.3 is 0 Å². The van der Waals surface area contributed by atoms with Crippen LogP contribution < -0.4 is 0 Å². The third-order valence-corrected chi connectivity index (χ3v) is 4.06. The van der Waals surface area contributed by atoms with Crippen LogP contribution in [0.5, 0.6) is 0 Å². The molecule has 2 atom stereocenters. The van der Waals surface area contributed by atoms with Crippen LogP contribution in [0.3, 0.4) is 0 Å². The number of fused-ring (bicyclic) bond motifs is 1. The molecule has 0 amide bonds. The first-order valence-corrected chi connectivity index (χ1v) is 5.98. The maximum absolute atomic E-state index is 2.50. The number of allylic oxidation sites excluding steroid dienone is 6. The SMILES string of the molecule is C1=CCC(C2CC3=CCCCC32)=CC1. The van der Waals surface area contributed by atoms with Crippen molar-refractivity contribution in [3.05, 3.63) is 35.5 Å². The molecule has 3 aliphatic carbocycles. The molecule has 0 heterocycles. The summed E-state index contributed by atoms with van der Waals surface area (Å²) in [6.07, 6.45) is 17.6. The maximum Gasteiger partial charge on any atom is -0.00970 e. The van der Waals surface area contributed by atoms with Gasteiger partial charge in [0, 0.05) is 0 Å². The maximum atomic E-state index is 2.50. The summed E-state index contributed by atoms with van der Waals surface area (Å²) >= 11 is 0.